The number of rotatable bonds is 5. The van der Waals surface area contributed by atoms with Gasteiger partial charge in [0.2, 0.25) is 5.91 Å². The Bertz CT molecular complexity index is 815. The van der Waals surface area contributed by atoms with E-state index in [1.54, 1.807) is 0 Å². The molecule has 142 valence electrons. The van der Waals surface area contributed by atoms with Gasteiger partial charge in [0.1, 0.15) is 0 Å². The van der Waals surface area contributed by atoms with E-state index in [0.29, 0.717) is 12.3 Å². The van der Waals surface area contributed by atoms with Crippen LogP contribution in [0.25, 0.3) is 0 Å². The first-order chi connectivity index (χ1) is 13.0. The molecule has 3 nitrogen and oxygen atoms in total. The standard InChI is InChI=1S/C24H30N2O/c1-17-9-10-23(18(2)15-17)16-24(27)26-25-19(3)20-11-13-22(14-12-20)21-7-5-4-6-8-21/h9-15,21H,4-8,16H2,1-3H3,(H,26,27)/b25-19+. The molecule has 1 fully saturated rings. The molecule has 1 saturated carbocycles. The summed E-state index contributed by atoms with van der Waals surface area (Å²) in [7, 11) is 0. The van der Waals surface area contributed by atoms with E-state index in [1.807, 2.05) is 26.0 Å². The van der Waals surface area contributed by atoms with Crippen LogP contribution in [-0.4, -0.2) is 11.6 Å². The molecule has 0 aromatic heterocycles. The summed E-state index contributed by atoms with van der Waals surface area (Å²) in [6.45, 7) is 6.04. The van der Waals surface area contributed by atoms with Crippen molar-refractivity contribution in [2.75, 3.05) is 0 Å². The van der Waals surface area contributed by atoms with Crippen LogP contribution in [0.5, 0.6) is 0 Å². The fraction of sp³-hybridized carbons (Fsp3) is 0.417. The first kappa shape index (κ1) is 19.3. The molecule has 3 rings (SSSR count). The SMILES string of the molecule is C/C(=N\NC(=O)Cc1ccc(C)cc1C)c1ccc(C2CCCCC2)cc1. The largest absolute Gasteiger partial charge is 0.273 e. The van der Waals surface area contributed by atoms with Gasteiger partial charge in [-0.2, -0.15) is 5.10 Å². The van der Waals surface area contributed by atoms with E-state index in [1.165, 1.54) is 43.2 Å². The maximum Gasteiger partial charge on any atom is 0.244 e. The van der Waals surface area contributed by atoms with Gasteiger partial charge in [0.25, 0.3) is 0 Å². The molecule has 0 aliphatic heterocycles. The van der Waals surface area contributed by atoms with Crippen molar-refractivity contribution < 1.29 is 4.79 Å². The molecule has 3 heteroatoms. The third-order valence-electron chi connectivity index (χ3n) is 5.60. The minimum atomic E-state index is -0.0832. The molecule has 1 amide bonds. The highest BCUT2D eigenvalue weighted by molar-refractivity contribution is 5.99. The summed E-state index contributed by atoms with van der Waals surface area (Å²) < 4.78 is 0. The van der Waals surface area contributed by atoms with Gasteiger partial charge in [0, 0.05) is 0 Å². The van der Waals surface area contributed by atoms with Crippen molar-refractivity contribution in [3.8, 4) is 0 Å². The molecule has 0 radical (unpaired) electrons. The molecular formula is C24H30N2O. The summed E-state index contributed by atoms with van der Waals surface area (Å²) in [4.78, 5) is 12.2. The zero-order chi connectivity index (χ0) is 19.2. The molecule has 0 bridgehead atoms. The van der Waals surface area contributed by atoms with Crippen LogP contribution in [-0.2, 0) is 11.2 Å². The van der Waals surface area contributed by atoms with E-state index in [4.69, 9.17) is 0 Å². The van der Waals surface area contributed by atoms with Crippen molar-refractivity contribution in [2.24, 2.45) is 5.10 Å². The molecule has 0 saturated heterocycles. The van der Waals surface area contributed by atoms with Crippen molar-refractivity contribution in [2.45, 2.75) is 65.2 Å². The molecule has 1 aliphatic carbocycles. The van der Waals surface area contributed by atoms with Crippen LogP contribution < -0.4 is 5.43 Å². The lowest BCUT2D eigenvalue weighted by molar-refractivity contribution is -0.120. The molecule has 0 atom stereocenters. The first-order valence-corrected chi connectivity index (χ1v) is 10.0. The third-order valence-corrected chi connectivity index (χ3v) is 5.60. The summed E-state index contributed by atoms with van der Waals surface area (Å²) in [5, 5.41) is 4.30. The van der Waals surface area contributed by atoms with Crippen LogP contribution in [0.2, 0.25) is 0 Å². The number of carbonyl (C=O) groups is 1. The minimum Gasteiger partial charge on any atom is -0.273 e. The Morgan fingerprint density at radius 2 is 1.74 bits per heavy atom. The Morgan fingerprint density at radius 1 is 1.04 bits per heavy atom. The fourth-order valence-corrected chi connectivity index (χ4v) is 3.90. The van der Waals surface area contributed by atoms with Crippen LogP contribution in [0.15, 0.2) is 47.6 Å². The van der Waals surface area contributed by atoms with Crippen molar-refractivity contribution in [3.05, 3.63) is 70.3 Å². The van der Waals surface area contributed by atoms with Crippen LogP contribution in [0.1, 0.15) is 72.8 Å². The average molecular weight is 363 g/mol. The molecular weight excluding hydrogens is 332 g/mol. The van der Waals surface area contributed by atoms with Gasteiger partial charge in [-0.1, -0.05) is 67.3 Å². The maximum absolute atomic E-state index is 12.2. The highest BCUT2D eigenvalue weighted by atomic mass is 16.2. The lowest BCUT2D eigenvalue weighted by Gasteiger charge is -2.22. The van der Waals surface area contributed by atoms with Gasteiger partial charge in [0.05, 0.1) is 12.1 Å². The second-order valence-electron chi connectivity index (χ2n) is 7.80. The predicted molar refractivity (Wildman–Crippen MR) is 112 cm³/mol. The normalized spacial score (nSPS) is 15.6. The Hall–Kier alpha value is -2.42. The number of carbonyl (C=O) groups excluding carboxylic acids is 1. The number of hydrazone groups is 1. The summed E-state index contributed by atoms with van der Waals surface area (Å²) in [6, 6.07) is 14.9. The van der Waals surface area contributed by atoms with Crippen molar-refractivity contribution in [1.82, 2.24) is 5.43 Å². The molecule has 0 unspecified atom stereocenters. The summed E-state index contributed by atoms with van der Waals surface area (Å²) >= 11 is 0. The Morgan fingerprint density at radius 3 is 2.41 bits per heavy atom. The van der Waals surface area contributed by atoms with Gasteiger partial charge in [-0.15, -0.1) is 0 Å². The van der Waals surface area contributed by atoms with E-state index in [9.17, 15) is 4.79 Å². The highest BCUT2D eigenvalue weighted by Gasteiger charge is 2.15. The van der Waals surface area contributed by atoms with E-state index in [2.05, 4.69) is 47.8 Å². The molecule has 2 aromatic carbocycles. The molecule has 0 spiro atoms. The molecule has 27 heavy (non-hydrogen) atoms. The lowest BCUT2D eigenvalue weighted by atomic mass is 9.84. The number of hydrogen-bond acceptors (Lipinski definition) is 2. The molecule has 1 aliphatic rings. The van der Waals surface area contributed by atoms with Crippen molar-refractivity contribution >= 4 is 11.6 Å². The summed E-state index contributed by atoms with van der Waals surface area (Å²) in [5.41, 5.74) is 9.42. The fourth-order valence-electron chi connectivity index (χ4n) is 3.90. The highest BCUT2D eigenvalue weighted by Crippen LogP contribution is 2.32. The maximum atomic E-state index is 12.2. The van der Waals surface area contributed by atoms with Gasteiger partial charge in [-0.25, -0.2) is 5.43 Å². The first-order valence-electron chi connectivity index (χ1n) is 10.0. The second-order valence-corrected chi connectivity index (χ2v) is 7.80. The van der Waals surface area contributed by atoms with Crippen LogP contribution in [0.3, 0.4) is 0 Å². The third kappa shape index (κ3) is 5.29. The number of amides is 1. The quantitative estimate of drug-likeness (QED) is 0.559. The predicted octanol–water partition coefficient (Wildman–Crippen LogP) is 5.43. The zero-order valence-electron chi connectivity index (χ0n) is 16.7. The second kappa shape index (κ2) is 8.98. The molecule has 2 aromatic rings. The number of nitrogens with one attached hydrogen (secondary N) is 1. The summed E-state index contributed by atoms with van der Waals surface area (Å²) in [5.74, 6) is 0.627. The van der Waals surface area contributed by atoms with Crippen molar-refractivity contribution in [3.63, 3.8) is 0 Å². The van der Waals surface area contributed by atoms with Gasteiger partial charge < -0.3 is 0 Å². The molecule has 1 N–H and O–H groups in total. The van der Waals surface area contributed by atoms with Gasteiger partial charge in [0.15, 0.2) is 0 Å². The average Bonchev–Trinajstić information content (AvgIpc) is 2.69. The van der Waals surface area contributed by atoms with Gasteiger partial charge in [-0.3, -0.25) is 4.79 Å². The number of nitrogens with zero attached hydrogens (tertiary/aromatic N) is 1. The van der Waals surface area contributed by atoms with Crippen LogP contribution >= 0.6 is 0 Å². The zero-order valence-corrected chi connectivity index (χ0v) is 16.7. The van der Waals surface area contributed by atoms with Crippen LogP contribution in [0, 0.1) is 13.8 Å². The monoisotopic (exact) mass is 362 g/mol. The number of benzene rings is 2. The lowest BCUT2D eigenvalue weighted by Crippen LogP contribution is -2.21. The van der Waals surface area contributed by atoms with Crippen molar-refractivity contribution in [1.29, 1.82) is 0 Å². The Balaban J connectivity index is 1.58. The topological polar surface area (TPSA) is 41.5 Å². The number of aryl methyl sites for hydroxylation is 2. The van der Waals surface area contributed by atoms with E-state index >= 15 is 0 Å². The Kier molecular flexibility index (Phi) is 6.44. The van der Waals surface area contributed by atoms with E-state index < -0.39 is 0 Å². The van der Waals surface area contributed by atoms with E-state index in [0.717, 1.165) is 22.4 Å². The van der Waals surface area contributed by atoms with Gasteiger partial charge >= 0.3 is 0 Å². The van der Waals surface area contributed by atoms with E-state index in [-0.39, 0.29) is 5.91 Å². The summed E-state index contributed by atoms with van der Waals surface area (Å²) in [6.07, 6.45) is 7.03. The van der Waals surface area contributed by atoms with Crippen LogP contribution in [0.4, 0.5) is 0 Å². The Labute approximate surface area is 162 Å². The van der Waals surface area contributed by atoms with Gasteiger partial charge in [-0.05, 0) is 61.8 Å². The minimum absolute atomic E-state index is 0.0832. The smallest absolute Gasteiger partial charge is 0.244 e. The molecule has 0 heterocycles. The number of hydrogen-bond donors (Lipinski definition) is 1.